The van der Waals surface area contributed by atoms with Gasteiger partial charge in [0.15, 0.2) is 0 Å². The van der Waals surface area contributed by atoms with Gasteiger partial charge in [-0.3, -0.25) is 4.68 Å². The fourth-order valence-corrected chi connectivity index (χ4v) is 2.09. The lowest BCUT2D eigenvalue weighted by molar-refractivity contribution is 0.746. The molecular formula is C13H20N6. The summed E-state index contributed by atoms with van der Waals surface area (Å²) in [6.07, 6.45) is 4.54. The van der Waals surface area contributed by atoms with Crippen LogP contribution < -0.4 is 10.6 Å². The van der Waals surface area contributed by atoms with Gasteiger partial charge in [-0.1, -0.05) is 6.92 Å². The first-order valence-corrected chi connectivity index (χ1v) is 6.40. The summed E-state index contributed by atoms with van der Waals surface area (Å²) in [5.41, 5.74) is 3.34. The van der Waals surface area contributed by atoms with Crippen molar-refractivity contribution in [1.29, 1.82) is 0 Å². The highest BCUT2D eigenvalue weighted by Gasteiger charge is 2.08. The van der Waals surface area contributed by atoms with Crippen molar-refractivity contribution in [2.75, 3.05) is 17.7 Å². The Morgan fingerprint density at radius 2 is 2.00 bits per heavy atom. The van der Waals surface area contributed by atoms with Gasteiger partial charge in [0.05, 0.1) is 5.69 Å². The topological polar surface area (TPSA) is 67.7 Å². The third kappa shape index (κ3) is 2.83. The predicted octanol–water partition coefficient (Wildman–Crippen LogP) is 1.73. The molecule has 102 valence electrons. The Morgan fingerprint density at radius 3 is 2.68 bits per heavy atom. The summed E-state index contributed by atoms with van der Waals surface area (Å²) in [6.45, 7) is 4.83. The van der Waals surface area contributed by atoms with Gasteiger partial charge in [0.25, 0.3) is 0 Å². The summed E-state index contributed by atoms with van der Waals surface area (Å²) in [4.78, 5) is 8.45. The first-order valence-electron chi connectivity index (χ1n) is 6.40. The molecule has 19 heavy (non-hydrogen) atoms. The van der Waals surface area contributed by atoms with Crippen LogP contribution >= 0.6 is 0 Å². The van der Waals surface area contributed by atoms with E-state index in [1.165, 1.54) is 5.56 Å². The van der Waals surface area contributed by atoms with E-state index >= 15 is 0 Å². The monoisotopic (exact) mass is 260 g/mol. The second-order valence-corrected chi connectivity index (χ2v) is 4.43. The maximum absolute atomic E-state index is 4.43. The molecule has 0 unspecified atom stereocenters. The summed E-state index contributed by atoms with van der Waals surface area (Å²) in [7, 11) is 3.80. The molecule has 0 saturated carbocycles. The first kappa shape index (κ1) is 13.3. The number of rotatable bonds is 5. The molecule has 2 rings (SSSR count). The van der Waals surface area contributed by atoms with Crippen LogP contribution in [-0.4, -0.2) is 26.8 Å². The Kier molecular flexibility index (Phi) is 3.99. The molecule has 6 nitrogen and oxygen atoms in total. The summed E-state index contributed by atoms with van der Waals surface area (Å²) < 4.78 is 1.85. The van der Waals surface area contributed by atoms with Crippen molar-refractivity contribution in [2.45, 2.75) is 26.8 Å². The lowest BCUT2D eigenvalue weighted by atomic mass is 10.2. The zero-order valence-corrected chi connectivity index (χ0v) is 11.9. The number of nitrogens with one attached hydrogen (secondary N) is 2. The number of aryl methyl sites for hydroxylation is 2. The van der Waals surface area contributed by atoms with Gasteiger partial charge in [-0.05, 0) is 13.3 Å². The quantitative estimate of drug-likeness (QED) is 0.857. The minimum atomic E-state index is 0.720. The zero-order chi connectivity index (χ0) is 13.8. The van der Waals surface area contributed by atoms with Gasteiger partial charge in [-0.2, -0.15) is 5.10 Å². The molecule has 0 saturated heterocycles. The molecule has 6 heteroatoms. The van der Waals surface area contributed by atoms with Crippen molar-refractivity contribution in [3.63, 3.8) is 0 Å². The molecule has 2 aromatic rings. The summed E-state index contributed by atoms with van der Waals surface area (Å²) in [5.74, 6) is 1.70. The first-order chi connectivity index (χ1) is 9.15. The lowest BCUT2D eigenvalue weighted by Gasteiger charge is -2.10. The molecule has 2 aromatic heterocycles. The normalized spacial score (nSPS) is 10.5. The molecule has 0 aromatic carbocycles. The maximum atomic E-state index is 4.43. The molecule has 0 aliphatic heterocycles. The van der Waals surface area contributed by atoms with Crippen LogP contribution in [0.4, 0.5) is 11.6 Å². The van der Waals surface area contributed by atoms with E-state index in [1.807, 2.05) is 31.9 Å². The summed E-state index contributed by atoms with van der Waals surface area (Å²) >= 11 is 0. The highest BCUT2D eigenvalue weighted by atomic mass is 15.3. The van der Waals surface area contributed by atoms with E-state index in [0.717, 1.165) is 35.9 Å². The van der Waals surface area contributed by atoms with E-state index in [1.54, 1.807) is 6.33 Å². The van der Waals surface area contributed by atoms with E-state index in [0.29, 0.717) is 0 Å². The zero-order valence-electron chi connectivity index (χ0n) is 11.9. The average molecular weight is 260 g/mol. The van der Waals surface area contributed by atoms with E-state index in [2.05, 4.69) is 32.6 Å². The van der Waals surface area contributed by atoms with Crippen LogP contribution in [0, 0.1) is 6.92 Å². The van der Waals surface area contributed by atoms with Gasteiger partial charge in [-0.15, -0.1) is 0 Å². The van der Waals surface area contributed by atoms with Crippen LogP contribution in [0.5, 0.6) is 0 Å². The van der Waals surface area contributed by atoms with Crippen LogP contribution in [0.15, 0.2) is 12.5 Å². The highest BCUT2D eigenvalue weighted by Crippen LogP contribution is 2.18. The van der Waals surface area contributed by atoms with Crippen molar-refractivity contribution in [1.82, 2.24) is 19.7 Å². The van der Waals surface area contributed by atoms with Gasteiger partial charge >= 0.3 is 0 Å². The lowest BCUT2D eigenvalue weighted by Crippen LogP contribution is -2.07. The Morgan fingerprint density at radius 1 is 1.26 bits per heavy atom. The van der Waals surface area contributed by atoms with Crippen molar-refractivity contribution in [2.24, 2.45) is 7.05 Å². The molecule has 0 radical (unpaired) electrons. The third-order valence-electron chi connectivity index (χ3n) is 3.09. The fraction of sp³-hybridized carbons (Fsp3) is 0.462. The van der Waals surface area contributed by atoms with Gasteiger partial charge in [0.2, 0.25) is 0 Å². The SMILES string of the molecule is CCc1nn(C)cc1CNc1ncnc(NC)c1C. The molecule has 0 amide bonds. The molecule has 2 N–H and O–H groups in total. The maximum Gasteiger partial charge on any atom is 0.134 e. The number of nitrogens with zero attached hydrogens (tertiary/aromatic N) is 4. The largest absolute Gasteiger partial charge is 0.373 e. The fourth-order valence-electron chi connectivity index (χ4n) is 2.09. The van der Waals surface area contributed by atoms with Crippen LogP contribution in [0.2, 0.25) is 0 Å². The van der Waals surface area contributed by atoms with Gasteiger partial charge in [0.1, 0.15) is 18.0 Å². The smallest absolute Gasteiger partial charge is 0.134 e. The average Bonchev–Trinajstić information content (AvgIpc) is 2.78. The third-order valence-corrected chi connectivity index (χ3v) is 3.09. The molecule has 0 aliphatic carbocycles. The molecular weight excluding hydrogens is 240 g/mol. The van der Waals surface area contributed by atoms with Crippen LogP contribution in [0.3, 0.4) is 0 Å². The molecule has 0 atom stereocenters. The van der Waals surface area contributed by atoms with Crippen molar-refractivity contribution >= 4 is 11.6 Å². The molecule has 0 aliphatic rings. The highest BCUT2D eigenvalue weighted by molar-refractivity contribution is 5.56. The Balaban J connectivity index is 2.14. The molecule has 0 fully saturated rings. The Bertz CT molecular complexity index is 560. The van der Waals surface area contributed by atoms with Gasteiger partial charge < -0.3 is 10.6 Å². The Labute approximate surface area is 113 Å². The van der Waals surface area contributed by atoms with Crippen molar-refractivity contribution in [3.05, 3.63) is 29.3 Å². The standard InChI is InChI=1S/C13H20N6/c1-5-11-10(7-19(4)18-11)6-15-13-9(2)12(14-3)16-8-17-13/h7-8H,5-6H2,1-4H3,(H2,14,15,16,17). The second-order valence-electron chi connectivity index (χ2n) is 4.43. The van der Waals surface area contributed by atoms with Crippen molar-refractivity contribution < 1.29 is 0 Å². The number of anilines is 2. The van der Waals surface area contributed by atoms with Gasteiger partial charge in [-0.25, -0.2) is 9.97 Å². The van der Waals surface area contributed by atoms with E-state index < -0.39 is 0 Å². The van der Waals surface area contributed by atoms with E-state index in [9.17, 15) is 0 Å². The molecule has 0 bridgehead atoms. The Hall–Kier alpha value is -2.11. The summed E-state index contributed by atoms with van der Waals surface area (Å²) in [6, 6.07) is 0. The van der Waals surface area contributed by atoms with Gasteiger partial charge in [0, 0.05) is 38.0 Å². The van der Waals surface area contributed by atoms with Crippen LogP contribution in [0.25, 0.3) is 0 Å². The van der Waals surface area contributed by atoms with E-state index in [-0.39, 0.29) is 0 Å². The number of aromatic nitrogens is 4. The van der Waals surface area contributed by atoms with Crippen molar-refractivity contribution in [3.8, 4) is 0 Å². The minimum Gasteiger partial charge on any atom is -0.373 e. The van der Waals surface area contributed by atoms with Crippen LogP contribution in [0.1, 0.15) is 23.7 Å². The van der Waals surface area contributed by atoms with E-state index in [4.69, 9.17) is 0 Å². The molecule has 2 heterocycles. The summed E-state index contributed by atoms with van der Waals surface area (Å²) in [5, 5.41) is 10.8. The molecule has 0 spiro atoms. The predicted molar refractivity (Wildman–Crippen MR) is 76.2 cm³/mol. The minimum absolute atomic E-state index is 0.720. The number of hydrogen-bond donors (Lipinski definition) is 2. The second kappa shape index (κ2) is 5.69. The van der Waals surface area contributed by atoms with Crippen LogP contribution in [-0.2, 0) is 20.0 Å². The number of hydrogen-bond acceptors (Lipinski definition) is 5.